The fraction of sp³-hybridized carbons (Fsp3) is 0.462. The van der Waals surface area contributed by atoms with Gasteiger partial charge in [0.05, 0.1) is 12.1 Å². The first-order chi connectivity index (χ1) is 8.32. The van der Waals surface area contributed by atoms with E-state index in [4.69, 9.17) is 28.9 Å². The van der Waals surface area contributed by atoms with Crippen LogP contribution in [0.5, 0.6) is 0 Å². The Hall–Kier alpha value is -0.770. The predicted molar refractivity (Wildman–Crippen MR) is 75.8 cm³/mol. The van der Waals surface area contributed by atoms with Crippen molar-refractivity contribution >= 4 is 29.1 Å². The molecule has 0 aromatic heterocycles. The molecule has 100 valence electrons. The van der Waals surface area contributed by atoms with Gasteiger partial charge in [-0.2, -0.15) is 0 Å². The lowest BCUT2D eigenvalue weighted by Crippen LogP contribution is -2.44. The Labute approximate surface area is 118 Å². The third-order valence-corrected chi connectivity index (χ3v) is 3.37. The lowest BCUT2D eigenvalue weighted by molar-refractivity contribution is -0.123. The van der Waals surface area contributed by atoms with Crippen LogP contribution in [0.3, 0.4) is 0 Å². The van der Waals surface area contributed by atoms with Crippen molar-refractivity contribution in [1.82, 2.24) is 5.32 Å². The van der Waals surface area contributed by atoms with Gasteiger partial charge >= 0.3 is 0 Å². The van der Waals surface area contributed by atoms with E-state index in [2.05, 4.69) is 5.32 Å². The second-order valence-electron chi connectivity index (χ2n) is 4.67. The first-order valence-electron chi connectivity index (χ1n) is 5.83. The molecule has 1 aromatic rings. The van der Waals surface area contributed by atoms with E-state index in [9.17, 15) is 4.79 Å². The summed E-state index contributed by atoms with van der Waals surface area (Å²) in [7, 11) is 0. The summed E-state index contributed by atoms with van der Waals surface area (Å²) in [5.74, 6) is -0.0820. The van der Waals surface area contributed by atoms with Crippen LogP contribution in [0, 0.1) is 5.92 Å². The molecule has 0 aliphatic heterocycles. The highest BCUT2D eigenvalue weighted by atomic mass is 35.5. The van der Waals surface area contributed by atoms with E-state index in [1.807, 2.05) is 20.8 Å². The molecule has 0 spiro atoms. The van der Waals surface area contributed by atoms with Gasteiger partial charge in [-0.25, -0.2) is 0 Å². The van der Waals surface area contributed by atoms with Gasteiger partial charge in [-0.1, -0.05) is 43.1 Å². The van der Waals surface area contributed by atoms with Gasteiger partial charge in [0.1, 0.15) is 0 Å². The second-order valence-corrected chi connectivity index (χ2v) is 5.51. The summed E-state index contributed by atoms with van der Waals surface area (Å²) < 4.78 is 0. The van der Waals surface area contributed by atoms with Crippen LogP contribution in [0.4, 0.5) is 0 Å². The molecule has 0 bridgehead atoms. The van der Waals surface area contributed by atoms with Crippen molar-refractivity contribution < 1.29 is 4.79 Å². The van der Waals surface area contributed by atoms with Crippen molar-refractivity contribution in [2.75, 3.05) is 0 Å². The lowest BCUT2D eigenvalue weighted by atomic mass is 10.0. The molecular formula is C13H18Cl2N2O. The quantitative estimate of drug-likeness (QED) is 0.894. The molecule has 1 rings (SSSR count). The van der Waals surface area contributed by atoms with Crippen LogP contribution in [-0.4, -0.2) is 11.9 Å². The molecule has 0 saturated heterocycles. The summed E-state index contributed by atoms with van der Waals surface area (Å²) in [6.45, 7) is 5.68. The Morgan fingerprint density at radius 1 is 1.28 bits per heavy atom. The normalized spacial score (nSPS) is 14.4. The molecule has 0 fully saturated rings. The molecule has 0 saturated carbocycles. The number of carbonyl (C=O) groups excluding carboxylic acids is 1. The van der Waals surface area contributed by atoms with E-state index in [0.717, 1.165) is 5.56 Å². The Bertz CT molecular complexity index is 435. The second kappa shape index (κ2) is 6.41. The molecule has 0 radical (unpaired) electrons. The van der Waals surface area contributed by atoms with E-state index in [1.165, 1.54) is 0 Å². The van der Waals surface area contributed by atoms with Crippen molar-refractivity contribution in [2.45, 2.75) is 32.9 Å². The standard InChI is InChI=1S/C13H18Cl2N2O/c1-7(2)12(16)13(18)17-8(3)10-5-4-9(14)6-11(10)15/h4-8,12H,16H2,1-3H3,(H,17,18)/t8?,12-/m0/s1. The number of halogens is 2. The highest BCUT2D eigenvalue weighted by Gasteiger charge is 2.20. The third kappa shape index (κ3) is 3.87. The Kier molecular flexibility index (Phi) is 5.45. The van der Waals surface area contributed by atoms with Crippen LogP contribution >= 0.6 is 23.2 Å². The van der Waals surface area contributed by atoms with Gasteiger partial charge in [0.2, 0.25) is 5.91 Å². The molecule has 0 heterocycles. The fourth-order valence-electron chi connectivity index (χ4n) is 1.54. The van der Waals surface area contributed by atoms with E-state index in [-0.39, 0.29) is 17.9 Å². The average Bonchev–Trinajstić information content (AvgIpc) is 2.27. The number of benzene rings is 1. The van der Waals surface area contributed by atoms with Crippen molar-refractivity contribution in [3.8, 4) is 0 Å². The molecule has 2 atom stereocenters. The highest BCUT2D eigenvalue weighted by Crippen LogP contribution is 2.26. The van der Waals surface area contributed by atoms with Crippen LogP contribution < -0.4 is 11.1 Å². The minimum Gasteiger partial charge on any atom is -0.348 e. The SMILES string of the molecule is CC(NC(=O)[C@@H](N)C(C)C)c1ccc(Cl)cc1Cl. The van der Waals surface area contributed by atoms with Gasteiger partial charge < -0.3 is 11.1 Å². The summed E-state index contributed by atoms with van der Waals surface area (Å²) >= 11 is 11.9. The molecule has 5 heteroatoms. The number of nitrogens with one attached hydrogen (secondary N) is 1. The van der Waals surface area contributed by atoms with E-state index in [1.54, 1.807) is 18.2 Å². The Balaban J connectivity index is 2.76. The molecule has 1 aromatic carbocycles. The van der Waals surface area contributed by atoms with Crippen LogP contribution in [-0.2, 0) is 4.79 Å². The number of amides is 1. The average molecular weight is 289 g/mol. The van der Waals surface area contributed by atoms with Gasteiger partial charge in [0.15, 0.2) is 0 Å². The zero-order valence-electron chi connectivity index (χ0n) is 10.7. The van der Waals surface area contributed by atoms with Crippen LogP contribution in [0.25, 0.3) is 0 Å². The molecule has 3 N–H and O–H groups in total. The summed E-state index contributed by atoms with van der Waals surface area (Å²) in [5.41, 5.74) is 6.61. The molecule has 1 amide bonds. The zero-order valence-corrected chi connectivity index (χ0v) is 12.2. The maximum Gasteiger partial charge on any atom is 0.237 e. The minimum absolute atomic E-state index is 0.0953. The summed E-state index contributed by atoms with van der Waals surface area (Å²) in [6, 6.07) is 4.49. The van der Waals surface area contributed by atoms with E-state index in [0.29, 0.717) is 10.0 Å². The van der Waals surface area contributed by atoms with Crippen molar-refractivity contribution in [1.29, 1.82) is 0 Å². The monoisotopic (exact) mass is 288 g/mol. The fourth-order valence-corrected chi connectivity index (χ4v) is 2.11. The van der Waals surface area contributed by atoms with Crippen molar-refractivity contribution in [3.63, 3.8) is 0 Å². The number of hydrogen-bond donors (Lipinski definition) is 2. The Morgan fingerprint density at radius 3 is 2.39 bits per heavy atom. The molecule has 0 aliphatic carbocycles. The van der Waals surface area contributed by atoms with Gasteiger partial charge in [-0.05, 0) is 30.5 Å². The first-order valence-corrected chi connectivity index (χ1v) is 6.59. The molecule has 0 aliphatic rings. The van der Waals surface area contributed by atoms with Gasteiger partial charge in [0, 0.05) is 10.0 Å². The molecule has 3 nitrogen and oxygen atoms in total. The predicted octanol–water partition coefficient (Wildman–Crippen LogP) is 3.15. The van der Waals surface area contributed by atoms with E-state index < -0.39 is 6.04 Å². The smallest absolute Gasteiger partial charge is 0.237 e. The summed E-state index contributed by atoms with van der Waals surface area (Å²) in [6.07, 6.45) is 0. The minimum atomic E-state index is -0.515. The molecule has 18 heavy (non-hydrogen) atoms. The van der Waals surface area contributed by atoms with Crippen molar-refractivity contribution in [3.05, 3.63) is 33.8 Å². The Morgan fingerprint density at radius 2 is 1.89 bits per heavy atom. The molecule has 1 unspecified atom stereocenters. The van der Waals surface area contributed by atoms with Crippen LogP contribution in [0.15, 0.2) is 18.2 Å². The molecular weight excluding hydrogens is 271 g/mol. The van der Waals surface area contributed by atoms with Gasteiger partial charge in [-0.15, -0.1) is 0 Å². The number of rotatable bonds is 4. The summed E-state index contributed by atoms with van der Waals surface area (Å²) in [5, 5.41) is 3.95. The topological polar surface area (TPSA) is 55.1 Å². The number of carbonyl (C=O) groups is 1. The first kappa shape index (κ1) is 15.3. The maximum atomic E-state index is 11.8. The number of hydrogen-bond acceptors (Lipinski definition) is 2. The maximum absolute atomic E-state index is 11.8. The number of nitrogens with two attached hydrogens (primary N) is 1. The largest absolute Gasteiger partial charge is 0.348 e. The highest BCUT2D eigenvalue weighted by molar-refractivity contribution is 6.35. The third-order valence-electron chi connectivity index (χ3n) is 2.81. The lowest BCUT2D eigenvalue weighted by Gasteiger charge is -2.20. The van der Waals surface area contributed by atoms with E-state index >= 15 is 0 Å². The van der Waals surface area contributed by atoms with Crippen LogP contribution in [0.2, 0.25) is 10.0 Å². The van der Waals surface area contributed by atoms with Gasteiger partial charge in [-0.3, -0.25) is 4.79 Å². The van der Waals surface area contributed by atoms with Crippen LogP contribution in [0.1, 0.15) is 32.4 Å². The van der Waals surface area contributed by atoms with Crippen molar-refractivity contribution in [2.24, 2.45) is 11.7 Å². The summed E-state index contributed by atoms with van der Waals surface area (Å²) in [4.78, 5) is 11.8. The zero-order chi connectivity index (χ0) is 13.9. The van der Waals surface area contributed by atoms with Gasteiger partial charge in [0.25, 0.3) is 0 Å².